The van der Waals surface area contributed by atoms with Gasteiger partial charge in [-0.2, -0.15) is 0 Å². The van der Waals surface area contributed by atoms with E-state index in [1.165, 1.54) is 0 Å². The quantitative estimate of drug-likeness (QED) is 0.894. The number of hydrogen-bond donors (Lipinski definition) is 1. The summed E-state index contributed by atoms with van der Waals surface area (Å²) in [6.45, 7) is 4.92. The van der Waals surface area contributed by atoms with Crippen molar-refractivity contribution in [3.63, 3.8) is 0 Å². The fraction of sp³-hybridized carbons (Fsp3) is 0.462. The number of benzene rings is 1. The van der Waals surface area contributed by atoms with E-state index in [-0.39, 0.29) is 12.1 Å². The van der Waals surface area contributed by atoms with Crippen LogP contribution in [0.15, 0.2) is 24.3 Å². The number of carbonyl (C=O) groups excluding carboxylic acids is 1. The standard InChI is InChI=1S/C13H19ClN2O2/c1-4-16(3)13(17)15-9-10(2)18-12-8-6-5-7-11(12)14/h5-8,10H,4,9H2,1-3H3,(H,15,17)/t10-/m0/s1. The normalized spacial score (nSPS) is 11.8. The van der Waals surface area contributed by atoms with Gasteiger partial charge in [0.05, 0.1) is 11.6 Å². The Morgan fingerprint density at radius 1 is 1.50 bits per heavy atom. The molecule has 0 unspecified atom stereocenters. The maximum Gasteiger partial charge on any atom is 0.317 e. The van der Waals surface area contributed by atoms with Crippen molar-refractivity contribution in [2.45, 2.75) is 20.0 Å². The van der Waals surface area contributed by atoms with Gasteiger partial charge in [-0.1, -0.05) is 23.7 Å². The summed E-state index contributed by atoms with van der Waals surface area (Å²) in [7, 11) is 1.74. The first kappa shape index (κ1) is 14.6. The third-order valence-corrected chi connectivity index (χ3v) is 2.84. The van der Waals surface area contributed by atoms with Crippen molar-refractivity contribution in [1.29, 1.82) is 0 Å². The number of carbonyl (C=O) groups is 1. The van der Waals surface area contributed by atoms with Gasteiger partial charge in [0.25, 0.3) is 0 Å². The molecule has 0 bridgehead atoms. The number of nitrogens with one attached hydrogen (secondary N) is 1. The number of para-hydroxylation sites is 1. The number of nitrogens with zero attached hydrogens (tertiary/aromatic N) is 1. The highest BCUT2D eigenvalue weighted by Gasteiger charge is 2.10. The fourth-order valence-electron chi connectivity index (χ4n) is 1.31. The maximum absolute atomic E-state index is 11.5. The molecule has 0 aliphatic heterocycles. The Labute approximate surface area is 113 Å². The lowest BCUT2D eigenvalue weighted by Gasteiger charge is -2.19. The third-order valence-electron chi connectivity index (χ3n) is 2.53. The molecule has 18 heavy (non-hydrogen) atoms. The van der Waals surface area contributed by atoms with Gasteiger partial charge in [0.2, 0.25) is 0 Å². The van der Waals surface area contributed by atoms with Gasteiger partial charge in [0.15, 0.2) is 0 Å². The first-order valence-corrected chi connectivity index (χ1v) is 6.32. The van der Waals surface area contributed by atoms with E-state index in [4.69, 9.17) is 16.3 Å². The SMILES string of the molecule is CCN(C)C(=O)NC[C@H](C)Oc1ccccc1Cl. The van der Waals surface area contributed by atoms with Crippen LogP contribution >= 0.6 is 11.6 Å². The van der Waals surface area contributed by atoms with Crippen molar-refractivity contribution in [3.8, 4) is 5.75 Å². The van der Waals surface area contributed by atoms with Crippen LogP contribution in [0.1, 0.15) is 13.8 Å². The fourth-order valence-corrected chi connectivity index (χ4v) is 1.49. The molecule has 2 amide bonds. The molecule has 1 aromatic rings. The van der Waals surface area contributed by atoms with E-state index in [0.717, 1.165) is 0 Å². The second kappa shape index (κ2) is 7.11. The van der Waals surface area contributed by atoms with Gasteiger partial charge in [-0.15, -0.1) is 0 Å². The van der Waals surface area contributed by atoms with Crippen LogP contribution in [-0.4, -0.2) is 37.2 Å². The summed E-state index contributed by atoms with van der Waals surface area (Å²) in [4.78, 5) is 13.1. The summed E-state index contributed by atoms with van der Waals surface area (Å²) in [6, 6.07) is 7.17. The molecule has 0 spiro atoms. The van der Waals surface area contributed by atoms with Crippen LogP contribution in [0.3, 0.4) is 0 Å². The zero-order valence-corrected chi connectivity index (χ0v) is 11.7. The number of halogens is 1. The van der Waals surface area contributed by atoms with Gasteiger partial charge in [-0.05, 0) is 26.0 Å². The van der Waals surface area contributed by atoms with Crippen LogP contribution in [-0.2, 0) is 0 Å². The summed E-state index contributed by atoms with van der Waals surface area (Å²) in [5.41, 5.74) is 0. The largest absolute Gasteiger partial charge is 0.487 e. The first-order valence-electron chi connectivity index (χ1n) is 5.94. The minimum atomic E-state index is -0.140. The van der Waals surface area contributed by atoms with Crippen molar-refractivity contribution in [3.05, 3.63) is 29.3 Å². The van der Waals surface area contributed by atoms with Crippen LogP contribution < -0.4 is 10.1 Å². The molecule has 0 aliphatic rings. The molecule has 0 fully saturated rings. The zero-order valence-electron chi connectivity index (χ0n) is 10.9. The van der Waals surface area contributed by atoms with E-state index in [1.54, 1.807) is 24.1 Å². The minimum absolute atomic E-state index is 0.105. The van der Waals surface area contributed by atoms with Crippen LogP contribution in [0.5, 0.6) is 5.75 Å². The average Bonchev–Trinajstić information content (AvgIpc) is 2.37. The van der Waals surface area contributed by atoms with Crippen molar-refractivity contribution in [1.82, 2.24) is 10.2 Å². The Morgan fingerprint density at radius 3 is 2.78 bits per heavy atom. The monoisotopic (exact) mass is 270 g/mol. The van der Waals surface area contributed by atoms with Gasteiger partial charge in [-0.3, -0.25) is 0 Å². The molecule has 0 radical (unpaired) electrons. The van der Waals surface area contributed by atoms with Crippen LogP contribution in [0.25, 0.3) is 0 Å². The second-order valence-electron chi connectivity index (χ2n) is 4.06. The average molecular weight is 271 g/mol. The molecular weight excluding hydrogens is 252 g/mol. The summed E-state index contributed by atoms with van der Waals surface area (Å²) < 4.78 is 5.64. The van der Waals surface area contributed by atoms with E-state index < -0.39 is 0 Å². The molecular formula is C13H19ClN2O2. The molecule has 100 valence electrons. The second-order valence-corrected chi connectivity index (χ2v) is 4.47. The highest BCUT2D eigenvalue weighted by Crippen LogP contribution is 2.23. The topological polar surface area (TPSA) is 41.6 Å². The van der Waals surface area contributed by atoms with E-state index in [0.29, 0.717) is 23.9 Å². The van der Waals surface area contributed by atoms with Gasteiger partial charge < -0.3 is 15.0 Å². The van der Waals surface area contributed by atoms with E-state index >= 15 is 0 Å². The van der Waals surface area contributed by atoms with E-state index in [2.05, 4.69) is 5.32 Å². The lowest BCUT2D eigenvalue weighted by atomic mass is 10.3. The maximum atomic E-state index is 11.5. The predicted molar refractivity (Wildman–Crippen MR) is 73.2 cm³/mol. The number of hydrogen-bond acceptors (Lipinski definition) is 2. The van der Waals surface area contributed by atoms with Gasteiger partial charge >= 0.3 is 6.03 Å². The minimum Gasteiger partial charge on any atom is -0.487 e. The van der Waals surface area contributed by atoms with Crippen molar-refractivity contribution >= 4 is 17.6 Å². The Hall–Kier alpha value is -1.42. The van der Waals surface area contributed by atoms with Crippen LogP contribution in [0.4, 0.5) is 4.79 Å². The Bertz CT molecular complexity index is 398. The lowest BCUT2D eigenvalue weighted by molar-refractivity contribution is 0.191. The molecule has 0 aliphatic carbocycles. The smallest absolute Gasteiger partial charge is 0.317 e. The first-order chi connectivity index (χ1) is 8.54. The van der Waals surface area contributed by atoms with Gasteiger partial charge in [-0.25, -0.2) is 4.79 Å². The predicted octanol–water partition coefficient (Wildman–Crippen LogP) is 2.77. The molecule has 4 nitrogen and oxygen atoms in total. The molecule has 1 atom stereocenters. The number of ether oxygens (including phenoxy) is 1. The molecule has 0 aromatic heterocycles. The summed E-state index contributed by atoms with van der Waals surface area (Å²) in [6.07, 6.45) is -0.140. The summed E-state index contributed by atoms with van der Waals surface area (Å²) in [5, 5.41) is 3.36. The summed E-state index contributed by atoms with van der Waals surface area (Å²) >= 11 is 5.98. The van der Waals surface area contributed by atoms with Crippen molar-refractivity contribution in [2.75, 3.05) is 20.1 Å². The van der Waals surface area contributed by atoms with E-state index in [1.807, 2.05) is 26.0 Å². The molecule has 0 saturated heterocycles. The molecule has 0 saturated carbocycles. The number of amides is 2. The Balaban J connectivity index is 2.41. The van der Waals surface area contributed by atoms with Gasteiger partial charge in [0, 0.05) is 13.6 Å². The van der Waals surface area contributed by atoms with Crippen molar-refractivity contribution < 1.29 is 9.53 Å². The molecule has 5 heteroatoms. The van der Waals surface area contributed by atoms with Crippen LogP contribution in [0, 0.1) is 0 Å². The molecule has 1 N–H and O–H groups in total. The third kappa shape index (κ3) is 4.45. The lowest BCUT2D eigenvalue weighted by Crippen LogP contribution is -2.41. The Morgan fingerprint density at radius 2 is 2.17 bits per heavy atom. The molecule has 0 heterocycles. The number of urea groups is 1. The molecule has 1 rings (SSSR count). The highest BCUT2D eigenvalue weighted by atomic mass is 35.5. The van der Waals surface area contributed by atoms with Crippen molar-refractivity contribution in [2.24, 2.45) is 0 Å². The Kier molecular flexibility index (Phi) is 5.78. The zero-order chi connectivity index (χ0) is 13.5. The van der Waals surface area contributed by atoms with E-state index in [9.17, 15) is 4.79 Å². The number of rotatable bonds is 5. The van der Waals surface area contributed by atoms with Gasteiger partial charge in [0.1, 0.15) is 11.9 Å². The van der Waals surface area contributed by atoms with Crippen LogP contribution in [0.2, 0.25) is 5.02 Å². The molecule has 1 aromatic carbocycles. The summed E-state index contributed by atoms with van der Waals surface area (Å²) in [5.74, 6) is 0.629. The highest BCUT2D eigenvalue weighted by molar-refractivity contribution is 6.32.